The van der Waals surface area contributed by atoms with E-state index in [0.29, 0.717) is 22.0 Å². The summed E-state index contributed by atoms with van der Waals surface area (Å²) < 4.78 is 13.3. The van der Waals surface area contributed by atoms with Gasteiger partial charge in [0.25, 0.3) is 0 Å². The molecule has 0 aliphatic rings. The molecule has 0 unspecified atom stereocenters. The molecule has 0 atom stereocenters. The van der Waals surface area contributed by atoms with Crippen LogP contribution >= 0.6 is 11.6 Å². The minimum atomic E-state index is -0.315. The van der Waals surface area contributed by atoms with Crippen LogP contribution in [0, 0.1) is 24.1 Å². The van der Waals surface area contributed by atoms with Crippen molar-refractivity contribution in [3.63, 3.8) is 0 Å². The Morgan fingerprint density at radius 2 is 2.00 bits per heavy atom. The smallest absolute Gasteiger partial charge is 0.125 e. The van der Waals surface area contributed by atoms with Crippen LogP contribution in [0.15, 0.2) is 36.4 Å². The summed E-state index contributed by atoms with van der Waals surface area (Å²) in [7, 11) is 0. The number of benzene rings is 2. The molecule has 0 saturated heterocycles. The normalized spacial score (nSPS) is 9.89. The van der Waals surface area contributed by atoms with E-state index >= 15 is 0 Å². The Bertz CT molecular complexity index is 612. The van der Waals surface area contributed by atoms with Crippen LogP contribution < -0.4 is 5.32 Å². The minimum Gasteiger partial charge on any atom is -0.354 e. The average Bonchev–Trinajstić information content (AvgIpc) is 2.30. The Balaban J connectivity index is 2.37. The van der Waals surface area contributed by atoms with Crippen LogP contribution in [0.25, 0.3) is 0 Å². The van der Waals surface area contributed by atoms with Gasteiger partial charge in [-0.25, -0.2) is 4.39 Å². The number of nitrogens with one attached hydrogen (secondary N) is 1. The van der Waals surface area contributed by atoms with Crippen molar-refractivity contribution in [3.05, 3.63) is 58.4 Å². The first-order valence-corrected chi connectivity index (χ1v) is 5.70. The molecule has 0 fully saturated rings. The van der Waals surface area contributed by atoms with E-state index in [0.717, 1.165) is 5.56 Å². The van der Waals surface area contributed by atoms with Gasteiger partial charge in [0.15, 0.2) is 0 Å². The van der Waals surface area contributed by atoms with E-state index in [2.05, 4.69) is 5.32 Å². The molecule has 0 heterocycles. The molecule has 0 amide bonds. The van der Waals surface area contributed by atoms with Gasteiger partial charge in [0.2, 0.25) is 0 Å². The molecule has 0 radical (unpaired) electrons. The zero-order valence-electron chi connectivity index (χ0n) is 9.67. The Labute approximate surface area is 110 Å². The lowest BCUT2D eigenvalue weighted by molar-refractivity contribution is 0.627. The third kappa shape index (κ3) is 2.79. The summed E-state index contributed by atoms with van der Waals surface area (Å²) in [6.07, 6.45) is 0. The van der Waals surface area contributed by atoms with Gasteiger partial charge in [0.05, 0.1) is 11.3 Å². The summed E-state index contributed by atoms with van der Waals surface area (Å²) in [5.41, 5.74) is 2.44. The lowest BCUT2D eigenvalue weighted by Gasteiger charge is -2.09. The van der Waals surface area contributed by atoms with Gasteiger partial charge in [-0.15, -0.1) is 0 Å². The highest BCUT2D eigenvalue weighted by Crippen LogP contribution is 2.24. The standard InChI is InChI=1S/C14H10ClFN2/c1-9-4-12(16)7-13(5-9)18-14-3-2-11(15)6-10(14)8-17/h2-7,18H,1H3. The van der Waals surface area contributed by atoms with Crippen molar-refractivity contribution in [2.24, 2.45) is 0 Å². The van der Waals surface area contributed by atoms with Crippen molar-refractivity contribution < 1.29 is 4.39 Å². The fourth-order valence-electron chi connectivity index (χ4n) is 1.68. The molecule has 0 spiro atoms. The predicted octanol–water partition coefficient (Wildman–Crippen LogP) is 4.40. The van der Waals surface area contributed by atoms with E-state index in [1.54, 1.807) is 31.2 Å². The van der Waals surface area contributed by atoms with Crippen LogP contribution in [0.2, 0.25) is 5.02 Å². The van der Waals surface area contributed by atoms with Crippen LogP contribution in [0.3, 0.4) is 0 Å². The minimum absolute atomic E-state index is 0.315. The molecule has 2 rings (SSSR count). The highest BCUT2D eigenvalue weighted by atomic mass is 35.5. The molecule has 0 aliphatic carbocycles. The summed E-state index contributed by atoms with van der Waals surface area (Å²) in [6, 6.07) is 11.6. The summed E-state index contributed by atoms with van der Waals surface area (Å²) in [5.74, 6) is -0.315. The first-order chi connectivity index (χ1) is 8.58. The molecule has 2 aromatic rings. The van der Waals surface area contributed by atoms with Crippen molar-refractivity contribution in [3.8, 4) is 6.07 Å². The van der Waals surface area contributed by atoms with E-state index in [4.69, 9.17) is 16.9 Å². The molecule has 1 N–H and O–H groups in total. The van der Waals surface area contributed by atoms with Gasteiger partial charge in [-0.1, -0.05) is 11.6 Å². The molecule has 90 valence electrons. The number of aryl methyl sites for hydroxylation is 1. The topological polar surface area (TPSA) is 35.8 Å². The van der Waals surface area contributed by atoms with Crippen LogP contribution in [-0.2, 0) is 0 Å². The zero-order valence-corrected chi connectivity index (χ0v) is 10.4. The van der Waals surface area contributed by atoms with E-state index in [-0.39, 0.29) is 5.82 Å². The van der Waals surface area contributed by atoms with Crippen molar-refractivity contribution in [2.75, 3.05) is 5.32 Å². The summed E-state index contributed by atoms with van der Waals surface area (Å²) >= 11 is 5.81. The maximum Gasteiger partial charge on any atom is 0.125 e. The van der Waals surface area contributed by atoms with Crippen molar-refractivity contribution >= 4 is 23.0 Å². The van der Waals surface area contributed by atoms with E-state index < -0.39 is 0 Å². The molecular weight excluding hydrogens is 251 g/mol. The van der Waals surface area contributed by atoms with Crippen LogP contribution in [0.1, 0.15) is 11.1 Å². The first-order valence-electron chi connectivity index (χ1n) is 5.32. The molecule has 0 bridgehead atoms. The van der Waals surface area contributed by atoms with Crippen LogP contribution in [-0.4, -0.2) is 0 Å². The number of anilines is 2. The zero-order chi connectivity index (χ0) is 13.1. The summed E-state index contributed by atoms with van der Waals surface area (Å²) in [6.45, 7) is 1.81. The SMILES string of the molecule is Cc1cc(F)cc(Nc2ccc(Cl)cc2C#N)c1. The number of nitrogens with zero attached hydrogens (tertiary/aromatic N) is 1. The van der Waals surface area contributed by atoms with Gasteiger partial charge >= 0.3 is 0 Å². The second kappa shape index (κ2) is 5.07. The molecule has 0 aliphatic heterocycles. The molecule has 2 nitrogen and oxygen atoms in total. The first kappa shape index (κ1) is 12.4. The van der Waals surface area contributed by atoms with E-state index in [1.165, 1.54) is 12.1 Å². The second-order valence-electron chi connectivity index (χ2n) is 3.94. The summed E-state index contributed by atoms with van der Waals surface area (Å²) in [4.78, 5) is 0. The second-order valence-corrected chi connectivity index (χ2v) is 4.38. The Hall–Kier alpha value is -2.05. The fourth-order valence-corrected chi connectivity index (χ4v) is 1.85. The Kier molecular flexibility index (Phi) is 3.50. The number of halogens is 2. The monoisotopic (exact) mass is 260 g/mol. The Morgan fingerprint density at radius 3 is 2.67 bits per heavy atom. The largest absolute Gasteiger partial charge is 0.354 e. The van der Waals surface area contributed by atoms with Crippen molar-refractivity contribution in [1.29, 1.82) is 5.26 Å². The highest BCUT2D eigenvalue weighted by Gasteiger charge is 2.04. The predicted molar refractivity (Wildman–Crippen MR) is 70.6 cm³/mol. The maximum absolute atomic E-state index is 13.3. The van der Waals surface area contributed by atoms with Gasteiger partial charge in [-0.05, 0) is 48.9 Å². The number of rotatable bonds is 2. The van der Waals surface area contributed by atoms with Gasteiger partial charge in [-0.3, -0.25) is 0 Å². The van der Waals surface area contributed by atoms with E-state index in [9.17, 15) is 4.39 Å². The quantitative estimate of drug-likeness (QED) is 0.869. The summed E-state index contributed by atoms with van der Waals surface area (Å²) in [5, 5.41) is 12.5. The average molecular weight is 261 g/mol. The van der Waals surface area contributed by atoms with Crippen LogP contribution in [0.4, 0.5) is 15.8 Å². The third-order valence-corrected chi connectivity index (χ3v) is 2.66. The van der Waals surface area contributed by atoms with Gasteiger partial charge in [-0.2, -0.15) is 5.26 Å². The number of hydrogen-bond donors (Lipinski definition) is 1. The molecule has 0 aromatic heterocycles. The highest BCUT2D eigenvalue weighted by molar-refractivity contribution is 6.30. The lowest BCUT2D eigenvalue weighted by atomic mass is 10.1. The van der Waals surface area contributed by atoms with Gasteiger partial charge in [0.1, 0.15) is 11.9 Å². The van der Waals surface area contributed by atoms with Crippen molar-refractivity contribution in [2.45, 2.75) is 6.92 Å². The van der Waals surface area contributed by atoms with Crippen LogP contribution in [0.5, 0.6) is 0 Å². The molecule has 2 aromatic carbocycles. The van der Waals surface area contributed by atoms with Gasteiger partial charge < -0.3 is 5.32 Å². The van der Waals surface area contributed by atoms with Crippen molar-refractivity contribution in [1.82, 2.24) is 0 Å². The Morgan fingerprint density at radius 1 is 1.22 bits per heavy atom. The van der Waals surface area contributed by atoms with Gasteiger partial charge in [0, 0.05) is 10.7 Å². The number of nitriles is 1. The molecule has 4 heteroatoms. The lowest BCUT2D eigenvalue weighted by Crippen LogP contribution is -1.95. The maximum atomic E-state index is 13.3. The fraction of sp³-hybridized carbons (Fsp3) is 0.0714. The molecule has 18 heavy (non-hydrogen) atoms. The number of hydrogen-bond acceptors (Lipinski definition) is 2. The third-order valence-electron chi connectivity index (χ3n) is 2.42. The van der Waals surface area contributed by atoms with E-state index in [1.807, 2.05) is 6.07 Å². The molecule has 0 saturated carbocycles. The molecular formula is C14H10ClFN2.